The third kappa shape index (κ3) is 2.86. The monoisotopic (exact) mass is 390 g/mol. The number of nitrogens with zero attached hydrogens (tertiary/aromatic N) is 2. The van der Waals surface area contributed by atoms with Crippen molar-refractivity contribution in [2.75, 3.05) is 13.2 Å². The molecule has 0 bridgehead atoms. The predicted molar refractivity (Wildman–Crippen MR) is 110 cm³/mol. The summed E-state index contributed by atoms with van der Waals surface area (Å²) in [7, 11) is 0. The molecule has 1 aromatic heterocycles. The van der Waals surface area contributed by atoms with Gasteiger partial charge >= 0.3 is 0 Å². The zero-order chi connectivity index (χ0) is 19.1. The second-order valence-corrected chi connectivity index (χ2v) is 7.58. The Morgan fingerprint density at radius 3 is 2.57 bits per heavy atom. The first-order chi connectivity index (χ1) is 13.7. The smallest absolute Gasteiger partial charge is 0.279 e. The summed E-state index contributed by atoms with van der Waals surface area (Å²) in [5.41, 5.74) is 1.59. The highest BCUT2D eigenvalue weighted by atomic mass is 32.1. The number of ether oxygens (including phenoxy) is 2. The van der Waals surface area contributed by atoms with Crippen molar-refractivity contribution in [3.05, 3.63) is 65.0 Å². The maximum Gasteiger partial charge on any atom is 0.279 e. The van der Waals surface area contributed by atoms with Gasteiger partial charge < -0.3 is 14.0 Å². The van der Waals surface area contributed by atoms with Crippen molar-refractivity contribution < 1.29 is 14.3 Å². The molecule has 28 heavy (non-hydrogen) atoms. The Morgan fingerprint density at radius 2 is 1.79 bits per heavy atom. The molecule has 0 spiro atoms. The quantitative estimate of drug-likeness (QED) is 0.510. The number of fused-ring (bicyclic) bond motifs is 3. The van der Waals surface area contributed by atoms with E-state index in [0.29, 0.717) is 30.1 Å². The Morgan fingerprint density at radius 1 is 1.04 bits per heavy atom. The second kappa shape index (κ2) is 6.80. The Bertz CT molecular complexity index is 1290. The minimum absolute atomic E-state index is 0.239. The van der Waals surface area contributed by atoms with E-state index in [1.165, 1.54) is 11.3 Å². The van der Waals surface area contributed by atoms with Crippen molar-refractivity contribution >= 4 is 38.2 Å². The van der Waals surface area contributed by atoms with Crippen LogP contribution in [0.25, 0.3) is 21.0 Å². The SMILES string of the molecule is CCn1c(=NC(=O)c2ccc3ccccc3c2)sc2cc3c(cc21)OCCO3. The van der Waals surface area contributed by atoms with Crippen LogP contribution < -0.4 is 14.3 Å². The van der Waals surface area contributed by atoms with Crippen LogP contribution in [0, 0.1) is 0 Å². The number of amides is 1. The van der Waals surface area contributed by atoms with Gasteiger partial charge in [0.25, 0.3) is 5.91 Å². The van der Waals surface area contributed by atoms with Crippen molar-refractivity contribution in [2.45, 2.75) is 13.5 Å². The summed E-state index contributed by atoms with van der Waals surface area (Å²) in [6.07, 6.45) is 0. The first-order valence-corrected chi connectivity index (χ1v) is 10.1. The number of carbonyl (C=O) groups is 1. The fourth-order valence-electron chi connectivity index (χ4n) is 3.47. The number of hydrogen-bond acceptors (Lipinski definition) is 4. The van der Waals surface area contributed by atoms with Gasteiger partial charge in [0.05, 0.1) is 10.2 Å². The molecule has 0 saturated heterocycles. The number of hydrogen-bond donors (Lipinski definition) is 0. The molecule has 3 aromatic carbocycles. The molecular weight excluding hydrogens is 372 g/mol. The van der Waals surface area contributed by atoms with Crippen LogP contribution in [0.1, 0.15) is 17.3 Å². The molecule has 1 aliphatic rings. The summed E-state index contributed by atoms with van der Waals surface area (Å²) in [6, 6.07) is 17.6. The molecule has 0 atom stereocenters. The van der Waals surface area contributed by atoms with Gasteiger partial charge in [0, 0.05) is 24.2 Å². The van der Waals surface area contributed by atoms with Crippen molar-refractivity contribution in [3.8, 4) is 11.5 Å². The van der Waals surface area contributed by atoms with Crippen LogP contribution in [0.5, 0.6) is 11.5 Å². The van der Waals surface area contributed by atoms with Crippen LogP contribution >= 0.6 is 11.3 Å². The summed E-state index contributed by atoms with van der Waals surface area (Å²) in [5, 5.41) is 2.14. The average Bonchev–Trinajstić information content (AvgIpc) is 3.07. The number of benzene rings is 3. The van der Waals surface area contributed by atoms with Crippen LogP contribution in [-0.4, -0.2) is 23.7 Å². The zero-order valence-electron chi connectivity index (χ0n) is 15.3. The molecule has 5 rings (SSSR count). The molecule has 5 nitrogen and oxygen atoms in total. The van der Waals surface area contributed by atoms with Crippen molar-refractivity contribution in [1.82, 2.24) is 4.57 Å². The minimum Gasteiger partial charge on any atom is -0.486 e. The van der Waals surface area contributed by atoms with Gasteiger partial charge in [-0.1, -0.05) is 41.7 Å². The molecule has 1 amide bonds. The fourth-order valence-corrected chi connectivity index (χ4v) is 4.57. The van der Waals surface area contributed by atoms with E-state index in [1.807, 2.05) is 66.1 Å². The van der Waals surface area contributed by atoms with E-state index >= 15 is 0 Å². The van der Waals surface area contributed by atoms with Crippen molar-refractivity contribution in [2.24, 2.45) is 4.99 Å². The molecule has 140 valence electrons. The van der Waals surface area contributed by atoms with E-state index in [9.17, 15) is 4.79 Å². The van der Waals surface area contributed by atoms with E-state index in [-0.39, 0.29) is 5.91 Å². The Hall–Kier alpha value is -3.12. The highest BCUT2D eigenvalue weighted by Crippen LogP contribution is 2.35. The number of carbonyl (C=O) groups excluding carboxylic acids is 1. The Balaban J connectivity index is 1.62. The minimum atomic E-state index is -0.239. The van der Waals surface area contributed by atoms with Gasteiger partial charge in [0.2, 0.25) is 0 Å². The third-order valence-electron chi connectivity index (χ3n) is 4.86. The number of aromatic nitrogens is 1. The highest BCUT2D eigenvalue weighted by Gasteiger charge is 2.16. The molecule has 0 saturated carbocycles. The topological polar surface area (TPSA) is 52.8 Å². The summed E-state index contributed by atoms with van der Waals surface area (Å²) in [4.78, 5) is 17.9. The average molecular weight is 390 g/mol. The van der Waals surface area contributed by atoms with Gasteiger partial charge in [-0.3, -0.25) is 4.79 Å². The lowest BCUT2D eigenvalue weighted by atomic mass is 10.1. The number of aryl methyl sites for hydroxylation is 1. The molecule has 0 unspecified atom stereocenters. The normalized spacial score (nSPS) is 14.0. The molecule has 0 fully saturated rings. The molecule has 0 N–H and O–H groups in total. The molecule has 0 aliphatic carbocycles. The van der Waals surface area contributed by atoms with Gasteiger partial charge in [0.15, 0.2) is 16.3 Å². The van der Waals surface area contributed by atoms with Crippen molar-refractivity contribution in [1.29, 1.82) is 0 Å². The van der Waals surface area contributed by atoms with E-state index in [4.69, 9.17) is 9.47 Å². The van der Waals surface area contributed by atoms with Gasteiger partial charge in [-0.05, 0) is 29.8 Å². The van der Waals surface area contributed by atoms with Crippen LogP contribution in [0.2, 0.25) is 0 Å². The number of thiazole rings is 1. The van der Waals surface area contributed by atoms with Gasteiger partial charge in [-0.25, -0.2) is 0 Å². The van der Waals surface area contributed by atoms with Crippen LogP contribution in [-0.2, 0) is 6.54 Å². The fraction of sp³-hybridized carbons (Fsp3) is 0.182. The summed E-state index contributed by atoms with van der Waals surface area (Å²) in [6.45, 7) is 3.85. The van der Waals surface area contributed by atoms with Crippen molar-refractivity contribution in [3.63, 3.8) is 0 Å². The third-order valence-corrected chi connectivity index (χ3v) is 5.90. The molecular formula is C22H18N2O3S. The lowest BCUT2D eigenvalue weighted by molar-refractivity contribution is 0.0998. The molecule has 1 aliphatic heterocycles. The van der Waals surface area contributed by atoms with E-state index in [2.05, 4.69) is 4.99 Å². The first kappa shape index (κ1) is 17.0. The first-order valence-electron chi connectivity index (χ1n) is 9.24. The van der Waals surface area contributed by atoms with Gasteiger partial charge in [-0.15, -0.1) is 0 Å². The van der Waals surface area contributed by atoms with E-state index < -0.39 is 0 Å². The Labute approximate surface area is 165 Å². The van der Waals surface area contributed by atoms with E-state index in [0.717, 1.165) is 32.5 Å². The molecule has 0 radical (unpaired) electrons. The molecule has 6 heteroatoms. The van der Waals surface area contributed by atoms with Crippen LogP contribution in [0.15, 0.2) is 59.6 Å². The summed E-state index contributed by atoms with van der Waals surface area (Å²) < 4.78 is 14.4. The van der Waals surface area contributed by atoms with E-state index in [1.54, 1.807) is 0 Å². The predicted octanol–water partition coefficient (Wildman–Crippen LogP) is 4.39. The second-order valence-electron chi connectivity index (χ2n) is 6.57. The maximum absolute atomic E-state index is 12.8. The van der Waals surface area contributed by atoms with Crippen LogP contribution in [0.4, 0.5) is 0 Å². The van der Waals surface area contributed by atoms with Crippen LogP contribution in [0.3, 0.4) is 0 Å². The number of rotatable bonds is 2. The largest absolute Gasteiger partial charge is 0.486 e. The zero-order valence-corrected chi connectivity index (χ0v) is 16.2. The summed E-state index contributed by atoms with van der Waals surface area (Å²) in [5.74, 6) is 1.25. The lowest BCUT2D eigenvalue weighted by Crippen LogP contribution is -2.17. The highest BCUT2D eigenvalue weighted by molar-refractivity contribution is 7.16. The maximum atomic E-state index is 12.8. The lowest BCUT2D eigenvalue weighted by Gasteiger charge is -2.18. The molecule has 2 heterocycles. The Kier molecular flexibility index (Phi) is 4.13. The van der Waals surface area contributed by atoms with Gasteiger partial charge in [-0.2, -0.15) is 4.99 Å². The standard InChI is InChI=1S/C22H18N2O3S/c1-2-24-17-12-18-19(27-10-9-26-18)13-20(17)28-22(24)23-21(25)16-8-7-14-5-3-4-6-15(14)11-16/h3-8,11-13H,2,9-10H2,1H3. The summed E-state index contributed by atoms with van der Waals surface area (Å²) >= 11 is 1.49. The van der Waals surface area contributed by atoms with Gasteiger partial charge in [0.1, 0.15) is 13.2 Å². The molecule has 4 aromatic rings.